The summed E-state index contributed by atoms with van der Waals surface area (Å²) in [5, 5.41) is 0. The van der Waals surface area contributed by atoms with Crippen LogP contribution in [0.4, 0.5) is 10.2 Å². The molecule has 1 rings (SSSR count). The Kier molecular flexibility index (Phi) is 5.79. The number of hydrogen-bond acceptors (Lipinski definition) is 5. The molecule has 1 heterocycles. The molecule has 0 fully saturated rings. The Morgan fingerprint density at radius 2 is 2.18 bits per heavy atom. The molecule has 1 aromatic rings. The lowest BCUT2D eigenvalue weighted by molar-refractivity contribution is 0.205. The highest BCUT2D eigenvalue weighted by Gasteiger charge is 2.14. The van der Waals surface area contributed by atoms with Crippen molar-refractivity contribution >= 4 is 5.82 Å². The fourth-order valence-corrected chi connectivity index (χ4v) is 1.47. The van der Waals surface area contributed by atoms with E-state index < -0.39 is 0 Å². The van der Waals surface area contributed by atoms with Gasteiger partial charge in [0.2, 0.25) is 0 Å². The number of aromatic nitrogens is 2. The Bertz CT molecular complexity index is 340. The second kappa shape index (κ2) is 7.13. The van der Waals surface area contributed by atoms with Gasteiger partial charge in [-0.25, -0.2) is 14.4 Å². The van der Waals surface area contributed by atoms with Gasteiger partial charge in [0.15, 0.2) is 11.6 Å². The van der Waals surface area contributed by atoms with Crippen LogP contribution in [0.15, 0.2) is 6.33 Å². The van der Waals surface area contributed by atoms with Crippen molar-refractivity contribution in [2.45, 2.75) is 13.3 Å². The van der Waals surface area contributed by atoms with Gasteiger partial charge in [-0.1, -0.05) is 0 Å². The van der Waals surface area contributed by atoms with Crippen molar-refractivity contribution < 1.29 is 9.13 Å². The molecule has 0 aliphatic heterocycles. The number of halogens is 1. The maximum absolute atomic E-state index is 13.9. The lowest BCUT2D eigenvalue weighted by Gasteiger charge is -2.23. The van der Waals surface area contributed by atoms with Gasteiger partial charge in [-0.15, -0.1) is 0 Å². The predicted octanol–water partition coefficient (Wildman–Crippen LogP) is 0.726. The van der Waals surface area contributed by atoms with Gasteiger partial charge in [-0.2, -0.15) is 0 Å². The molecule has 2 N–H and O–H groups in total. The second-order valence-electron chi connectivity index (χ2n) is 3.72. The van der Waals surface area contributed by atoms with Gasteiger partial charge < -0.3 is 15.4 Å². The van der Waals surface area contributed by atoms with Gasteiger partial charge in [0.25, 0.3) is 0 Å². The van der Waals surface area contributed by atoms with Crippen molar-refractivity contribution in [1.29, 1.82) is 0 Å². The molecule has 0 radical (unpaired) electrons. The number of hydrogen-bond donors (Lipinski definition) is 1. The molecule has 5 nitrogen and oxygen atoms in total. The van der Waals surface area contributed by atoms with E-state index in [1.807, 2.05) is 4.90 Å². The van der Waals surface area contributed by atoms with E-state index in [1.54, 1.807) is 14.0 Å². The highest BCUT2D eigenvalue weighted by atomic mass is 19.1. The summed E-state index contributed by atoms with van der Waals surface area (Å²) in [5.74, 6) is -0.0522. The van der Waals surface area contributed by atoms with Crippen LogP contribution in [0.2, 0.25) is 0 Å². The van der Waals surface area contributed by atoms with Crippen LogP contribution in [0, 0.1) is 12.7 Å². The van der Waals surface area contributed by atoms with E-state index >= 15 is 0 Å². The molecule has 0 saturated carbocycles. The number of anilines is 1. The molecule has 0 bridgehead atoms. The molecule has 0 aliphatic rings. The summed E-state index contributed by atoms with van der Waals surface area (Å²) in [6.07, 6.45) is 2.15. The number of aryl methyl sites for hydroxylation is 1. The van der Waals surface area contributed by atoms with Crippen molar-refractivity contribution in [2.24, 2.45) is 5.73 Å². The van der Waals surface area contributed by atoms with Crippen LogP contribution in [0.3, 0.4) is 0 Å². The van der Waals surface area contributed by atoms with Crippen LogP contribution >= 0.6 is 0 Å². The van der Waals surface area contributed by atoms with Crippen molar-refractivity contribution in [3.63, 3.8) is 0 Å². The summed E-state index contributed by atoms with van der Waals surface area (Å²) in [5.41, 5.74) is 5.82. The average Bonchev–Trinajstić information content (AvgIpc) is 2.34. The fourth-order valence-electron chi connectivity index (χ4n) is 1.47. The van der Waals surface area contributed by atoms with Crippen LogP contribution in [0.5, 0.6) is 0 Å². The van der Waals surface area contributed by atoms with Gasteiger partial charge >= 0.3 is 0 Å². The summed E-state index contributed by atoms with van der Waals surface area (Å²) in [6.45, 7) is 3.96. The quantitative estimate of drug-likeness (QED) is 0.763. The Labute approximate surface area is 101 Å². The van der Waals surface area contributed by atoms with E-state index in [-0.39, 0.29) is 5.82 Å². The average molecular weight is 242 g/mol. The fraction of sp³-hybridized carbons (Fsp3) is 0.636. The Morgan fingerprint density at radius 1 is 1.41 bits per heavy atom. The number of rotatable bonds is 7. The van der Waals surface area contributed by atoms with E-state index in [1.165, 1.54) is 6.33 Å². The van der Waals surface area contributed by atoms with Crippen molar-refractivity contribution in [1.82, 2.24) is 9.97 Å². The normalized spacial score (nSPS) is 10.6. The first kappa shape index (κ1) is 13.8. The second-order valence-corrected chi connectivity index (χ2v) is 3.72. The van der Waals surface area contributed by atoms with Gasteiger partial charge in [-0.05, 0) is 19.9 Å². The van der Waals surface area contributed by atoms with Crippen LogP contribution in [0.1, 0.15) is 12.1 Å². The number of nitrogens with two attached hydrogens (primary N) is 1. The number of methoxy groups -OCH3 is 1. The van der Waals surface area contributed by atoms with E-state index in [4.69, 9.17) is 10.5 Å². The molecule has 96 valence electrons. The summed E-state index contributed by atoms with van der Waals surface area (Å²) in [4.78, 5) is 9.64. The third kappa shape index (κ3) is 3.90. The minimum atomic E-state index is -0.374. The van der Waals surface area contributed by atoms with E-state index in [9.17, 15) is 4.39 Å². The van der Waals surface area contributed by atoms with Gasteiger partial charge in [0.05, 0.1) is 12.3 Å². The molecule has 17 heavy (non-hydrogen) atoms. The highest BCUT2D eigenvalue weighted by Crippen LogP contribution is 2.17. The van der Waals surface area contributed by atoms with E-state index in [0.29, 0.717) is 37.8 Å². The topological polar surface area (TPSA) is 64.3 Å². The maximum atomic E-state index is 13.9. The van der Waals surface area contributed by atoms with Crippen LogP contribution in [-0.2, 0) is 4.74 Å². The lowest BCUT2D eigenvalue weighted by Crippen LogP contribution is -2.31. The molecule has 0 spiro atoms. The smallest absolute Gasteiger partial charge is 0.186 e. The molecule has 0 unspecified atom stereocenters. The summed E-state index contributed by atoms with van der Waals surface area (Å²) in [7, 11) is 1.61. The highest BCUT2D eigenvalue weighted by molar-refractivity contribution is 5.40. The van der Waals surface area contributed by atoms with Gasteiger partial charge in [-0.3, -0.25) is 0 Å². The molecule has 0 saturated heterocycles. The molecule has 0 aliphatic carbocycles. The Hall–Kier alpha value is -1.27. The first-order chi connectivity index (χ1) is 8.20. The maximum Gasteiger partial charge on any atom is 0.186 e. The van der Waals surface area contributed by atoms with Crippen molar-refractivity contribution in [2.75, 3.05) is 38.3 Å². The molecule has 0 aromatic carbocycles. The molecule has 1 aromatic heterocycles. The van der Waals surface area contributed by atoms with Crippen molar-refractivity contribution in [3.05, 3.63) is 17.8 Å². The van der Waals surface area contributed by atoms with Crippen LogP contribution in [-0.4, -0.2) is 43.3 Å². The Morgan fingerprint density at radius 3 is 2.82 bits per heavy atom. The van der Waals surface area contributed by atoms with E-state index in [0.717, 1.165) is 6.42 Å². The van der Waals surface area contributed by atoms with Gasteiger partial charge in [0.1, 0.15) is 6.33 Å². The standard InChI is InChI=1S/C11H19FN4O/c1-9-10(12)11(15-8-14-9)16(5-3-4-13)6-7-17-2/h8H,3-7,13H2,1-2H3. The monoisotopic (exact) mass is 242 g/mol. The third-order valence-corrected chi connectivity index (χ3v) is 2.44. The SMILES string of the molecule is COCCN(CCCN)c1ncnc(C)c1F. The summed E-state index contributed by atoms with van der Waals surface area (Å²) in [6, 6.07) is 0. The predicted molar refractivity (Wildman–Crippen MR) is 64.5 cm³/mol. The lowest BCUT2D eigenvalue weighted by atomic mass is 10.3. The number of nitrogens with zero attached hydrogens (tertiary/aromatic N) is 3. The first-order valence-electron chi connectivity index (χ1n) is 5.61. The van der Waals surface area contributed by atoms with Crippen LogP contribution < -0.4 is 10.6 Å². The number of ether oxygens (including phenoxy) is 1. The van der Waals surface area contributed by atoms with Gasteiger partial charge in [0, 0.05) is 20.2 Å². The minimum absolute atomic E-state index is 0.322. The largest absolute Gasteiger partial charge is 0.383 e. The van der Waals surface area contributed by atoms with E-state index in [2.05, 4.69) is 9.97 Å². The minimum Gasteiger partial charge on any atom is -0.383 e. The molecule has 0 atom stereocenters. The molecular weight excluding hydrogens is 223 g/mol. The van der Waals surface area contributed by atoms with Crippen LogP contribution in [0.25, 0.3) is 0 Å². The molecule has 0 amide bonds. The summed E-state index contributed by atoms with van der Waals surface area (Å²) >= 11 is 0. The Balaban J connectivity index is 2.83. The first-order valence-corrected chi connectivity index (χ1v) is 5.61. The molecular formula is C11H19FN4O. The molecule has 6 heteroatoms. The zero-order valence-electron chi connectivity index (χ0n) is 10.3. The van der Waals surface area contributed by atoms with Crippen molar-refractivity contribution in [3.8, 4) is 0 Å². The summed E-state index contributed by atoms with van der Waals surface area (Å²) < 4.78 is 18.9. The zero-order chi connectivity index (χ0) is 12.7. The third-order valence-electron chi connectivity index (χ3n) is 2.44. The zero-order valence-corrected chi connectivity index (χ0v) is 10.3.